The van der Waals surface area contributed by atoms with E-state index in [9.17, 15) is 23.2 Å². The van der Waals surface area contributed by atoms with E-state index in [1.54, 1.807) is 25.2 Å². The third kappa shape index (κ3) is 5.53. The third-order valence-electron chi connectivity index (χ3n) is 7.41. The van der Waals surface area contributed by atoms with Gasteiger partial charge in [0, 0.05) is 17.8 Å². The van der Waals surface area contributed by atoms with Crippen molar-refractivity contribution in [3.05, 3.63) is 89.5 Å². The molecule has 0 bridgehead atoms. The van der Waals surface area contributed by atoms with Crippen molar-refractivity contribution in [2.24, 2.45) is 15.4 Å². The number of nitrogens with one attached hydrogen (secondary N) is 3. The first kappa shape index (κ1) is 27.3. The Balaban J connectivity index is 1.42. The largest absolute Gasteiger partial charge is 0.341 e. The molecule has 3 aliphatic rings. The molecule has 8 nitrogen and oxygen atoms in total. The quantitative estimate of drug-likeness (QED) is 0.518. The van der Waals surface area contributed by atoms with Gasteiger partial charge >= 0.3 is 0 Å². The molecule has 2 atom stereocenters. The van der Waals surface area contributed by atoms with Gasteiger partial charge in [-0.15, -0.1) is 0 Å². The van der Waals surface area contributed by atoms with Gasteiger partial charge in [-0.3, -0.25) is 24.4 Å². The highest BCUT2D eigenvalue weighted by atomic mass is 19.1. The maximum atomic E-state index is 13.8. The zero-order valence-corrected chi connectivity index (χ0v) is 21.9. The summed E-state index contributed by atoms with van der Waals surface area (Å²) in [6.07, 6.45) is 7.62. The monoisotopic (exact) mass is 545 g/mol. The van der Waals surface area contributed by atoms with Crippen LogP contribution in [0.2, 0.25) is 0 Å². The molecule has 0 aromatic heterocycles. The third-order valence-corrected chi connectivity index (χ3v) is 7.41. The first-order valence-corrected chi connectivity index (χ1v) is 13.1. The second-order valence-electron chi connectivity index (χ2n) is 10.3. The fraction of sp³-hybridized carbons (Fsp3) is 0.300. The number of hydrogen-bond donors (Lipinski definition) is 3. The van der Waals surface area contributed by atoms with Crippen molar-refractivity contribution < 1.29 is 23.2 Å². The molecule has 1 aliphatic carbocycles. The molecule has 2 heterocycles. The number of nitrogens with zero attached hydrogens (tertiary/aromatic N) is 2. The number of halogens is 2. The lowest BCUT2D eigenvalue weighted by Gasteiger charge is -2.37. The van der Waals surface area contributed by atoms with Crippen LogP contribution in [-0.2, 0) is 20.8 Å². The van der Waals surface area contributed by atoms with Crippen LogP contribution in [0.15, 0.2) is 76.8 Å². The van der Waals surface area contributed by atoms with Crippen molar-refractivity contribution in [3.63, 3.8) is 0 Å². The Morgan fingerprint density at radius 1 is 1.07 bits per heavy atom. The normalized spacial score (nSPS) is 23.1. The van der Waals surface area contributed by atoms with Gasteiger partial charge in [0.2, 0.25) is 11.8 Å². The van der Waals surface area contributed by atoms with Crippen LogP contribution in [0.3, 0.4) is 0 Å². The summed E-state index contributed by atoms with van der Waals surface area (Å²) < 4.78 is 27.3. The summed E-state index contributed by atoms with van der Waals surface area (Å²) in [6, 6.07) is 10.2. The van der Waals surface area contributed by atoms with Crippen LogP contribution < -0.4 is 16.0 Å². The number of aliphatic imine (C=N–C) groups is 2. The lowest BCUT2D eigenvalue weighted by atomic mass is 9.75. The van der Waals surface area contributed by atoms with Gasteiger partial charge in [0.15, 0.2) is 11.9 Å². The number of hydrogen-bond acceptors (Lipinski definition) is 6. The van der Waals surface area contributed by atoms with Gasteiger partial charge in [-0.2, -0.15) is 0 Å². The number of carbonyl (C=O) groups excluding carboxylic acids is 3. The molecule has 1 saturated heterocycles. The minimum atomic E-state index is -1.27. The number of ketones is 1. The van der Waals surface area contributed by atoms with E-state index < -0.39 is 40.6 Å². The van der Waals surface area contributed by atoms with Crippen LogP contribution in [0.1, 0.15) is 30.9 Å². The van der Waals surface area contributed by atoms with Gasteiger partial charge < -0.3 is 16.0 Å². The number of rotatable bonds is 6. The van der Waals surface area contributed by atoms with Gasteiger partial charge in [-0.1, -0.05) is 36.4 Å². The van der Waals surface area contributed by atoms with E-state index in [-0.39, 0.29) is 17.8 Å². The minimum absolute atomic E-state index is 0.147. The van der Waals surface area contributed by atoms with E-state index in [0.29, 0.717) is 42.9 Å². The topological polar surface area (TPSA) is 112 Å². The average Bonchev–Trinajstić information content (AvgIpc) is 3.10. The lowest BCUT2D eigenvalue weighted by Crippen LogP contribution is -2.64. The van der Waals surface area contributed by atoms with Gasteiger partial charge in [0.25, 0.3) is 0 Å². The van der Waals surface area contributed by atoms with Gasteiger partial charge in [-0.25, -0.2) is 8.78 Å². The van der Waals surface area contributed by atoms with E-state index in [1.807, 2.05) is 24.3 Å². The summed E-state index contributed by atoms with van der Waals surface area (Å²) in [5.74, 6) is -2.71. The van der Waals surface area contributed by atoms with Crippen LogP contribution >= 0.6 is 0 Å². The molecule has 0 saturated carbocycles. The number of benzene rings is 2. The van der Waals surface area contributed by atoms with Crippen LogP contribution in [0.5, 0.6) is 0 Å². The molecular formula is C30H29F2N5O3. The smallest absolute Gasteiger partial charge is 0.247 e. The maximum Gasteiger partial charge on any atom is 0.247 e. The van der Waals surface area contributed by atoms with E-state index in [2.05, 4.69) is 20.9 Å². The van der Waals surface area contributed by atoms with E-state index in [1.165, 1.54) is 12.3 Å². The SMILES string of the molecule is CC1(C2=N[C@H](NC(=O)C3(NC(=O)Cc4cc(F)cc(F)c4)CCNCC3)C=Nc3ccccc32)C=CC=CC1=O. The molecule has 0 radical (unpaired) electrons. The van der Waals surface area contributed by atoms with Crippen molar-refractivity contribution in [1.82, 2.24) is 16.0 Å². The van der Waals surface area contributed by atoms with E-state index in [0.717, 1.165) is 18.2 Å². The Morgan fingerprint density at radius 3 is 2.52 bits per heavy atom. The van der Waals surface area contributed by atoms with Crippen LogP contribution in [0.25, 0.3) is 0 Å². The zero-order chi connectivity index (χ0) is 28.3. The van der Waals surface area contributed by atoms with Crippen LogP contribution in [0, 0.1) is 17.0 Å². The molecule has 3 N–H and O–H groups in total. The summed E-state index contributed by atoms with van der Waals surface area (Å²) in [6.45, 7) is 2.73. The minimum Gasteiger partial charge on any atom is -0.341 e. The molecule has 2 aliphatic heterocycles. The molecule has 2 aromatic carbocycles. The Labute approximate surface area is 230 Å². The van der Waals surface area contributed by atoms with Crippen molar-refractivity contribution >= 4 is 35.2 Å². The van der Waals surface area contributed by atoms with Gasteiger partial charge in [0.1, 0.15) is 17.2 Å². The van der Waals surface area contributed by atoms with Gasteiger partial charge in [0.05, 0.1) is 23.2 Å². The Hall–Kier alpha value is -4.31. The highest BCUT2D eigenvalue weighted by Crippen LogP contribution is 2.35. The average molecular weight is 546 g/mol. The summed E-state index contributed by atoms with van der Waals surface area (Å²) >= 11 is 0. The number of para-hydroxylation sites is 1. The number of carbonyl (C=O) groups is 3. The second-order valence-corrected chi connectivity index (χ2v) is 10.3. The summed E-state index contributed by atoms with van der Waals surface area (Å²) in [7, 11) is 0. The lowest BCUT2D eigenvalue weighted by molar-refractivity contribution is -0.134. The molecule has 2 amide bonds. The Kier molecular flexibility index (Phi) is 7.53. The molecule has 0 spiro atoms. The fourth-order valence-electron chi connectivity index (χ4n) is 5.25. The molecule has 1 fully saturated rings. The first-order chi connectivity index (χ1) is 19.2. The molecule has 1 unspecified atom stereocenters. The fourth-order valence-corrected chi connectivity index (χ4v) is 5.25. The summed E-state index contributed by atoms with van der Waals surface area (Å²) in [5, 5.41) is 8.91. The number of piperidine rings is 1. The summed E-state index contributed by atoms with van der Waals surface area (Å²) in [5.41, 5.74) is -0.421. The predicted molar refractivity (Wildman–Crippen MR) is 147 cm³/mol. The van der Waals surface area contributed by atoms with Crippen molar-refractivity contribution in [1.29, 1.82) is 0 Å². The number of fused-ring (bicyclic) bond motifs is 1. The van der Waals surface area contributed by atoms with E-state index >= 15 is 0 Å². The molecular weight excluding hydrogens is 516 g/mol. The maximum absolute atomic E-state index is 13.8. The van der Waals surface area contributed by atoms with Crippen molar-refractivity contribution in [3.8, 4) is 0 Å². The Morgan fingerprint density at radius 2 is 1.80 bits per heavy atom. The second kappa shape index (κ2) is 11.1. The first-order valence-electron chi connectivity index (χ1n) is 13.1. The number of amides is 2. The highest BCUT2D eigenvalue weighted by Gasteiger charge is 2.43. The van der Waals surface area contributed by atoms with Gasteiger partial charge in [-0.05, 0) is 62.7 Å². The predicted octanol–water partition coefficient (Wildman–Crippen LogP) is 3.09. The molecule has 206 valence electrons. The zero-order valence-electron chi connectivity index (χ0n) is 21.9. The summed E-state index contributed by atoms with van der Waals surface area (Å²) in [4.78, 5) is 49.2. The van der Waals surface area contributed by atoms with Crippen molar-refractivity contribution in [2.75, 3.05) is 13.1 Å². The van der Waals surface area contributed by atoms with Crippen molar-refractivity contribution in [2.45, 2.75) is 37.9 Å². The van der Waals surface area contributed by atoms with Crippen LogP contribution in [-0.4, -0.2) is 54.3 Å². The molecule has 10 heteroatoms. The molecule has 40 heavy (non-hydrogen) atoms. The standard InChI is InChI=1S/C30H29F2N5O3/c1-29(9-5-4-8-24(29)38)27-22-6-2-3-7-23(22)34-18-25(35-27)36-28(40)30(10-12-33-13-11-30)37-26(39)16-19-14-20(31)17-21(32)15-19/h2-9,14-15,17-18,25,33H,10-13,16H2,1H3,(H,36,40)(H,37,39)/t25-,29?/m1/s1. The van der Waals surface area contributed by atoms with E-state index in [4.69, 9.17) is 4.99 Å². The highest BCUT2D eigenvalue weighted by molar-refractivity contribution is 6.24. The molecule has 2 aromatic rings. The molecule has 5 rings (SSSR count). The van der Waals surface area contributed by atoms with Crippen LogP contribution in [0.4, 0.5) is 14.5 Å². The Bertz CT molecular complexity index is 1460. The number of allylic oxidation sites excluding steroid dienone is 4.